The van der Waals surface area contributed by atoms with Crippen LogP contribution in [0.15, 0.2) is 41.1 Å². The second kappa shape index (κ2) is 7.14. The zero-order chi connectivity index (χ0) is 15.7. The predicted octanol–water partition coefficient (Wildman–Crippen LogP) is 2.60. The minimum absolute atomic E-state index is 0. The zero-order valence-electron chi connectivity index (χ0n) is 12.1. The second-order valence-electron chi connectivity index (χ2n) is 5.23. The fourth-order valence-electron chi connectivity index (χ4n) is 2.52. The molecule has 2 aromatic rings. The van der Waals surface area contributed by atoms with Crippen molar-refractivity contribution >= 4 is 40.2 Å². The first-order chi connectivity index (χ1) is 10.5. The number of nitrogens with zero attached hydrogens (tertiary/aromatic N) is 3. The van der Waals surface area contributed by atoms with E-state index in [2.05, 4.69) is 21.0 Å². The molecule has 1 unspecified atom stereocenters. The summed E-state index contributed by atoms with van der Waals surface area (Å²) in [5.74, 6) is -1.49. The molecular formula is C15H15BrClN3O3. The van der Waals surface area contributed by atoms with Crippen molar-refractivity contribution in [1.29, 1.82) is 0 Å². The molecule has 1 aromatic heterocycles. The number of aliphatic carboxylic acids is 1. The van der Waals surface area contributed by atoms with E-state index in [1.54, 1.807) is 15.8 Å². The van der Waals surface area contributed by atoms with E-state index in [-0.39, 0.29) is 24.9 Å². The predicted molar refractivity (Wildman–Crippen MR) is 90.2 cm³/mol. The van der Waals surface area contributed by atoms with Gasteiger partial charge in [0.05, 0.1) is 23.4 Å². The summed E-state index contributed by atoms with van der Waals surface area (Å²) >= 11 is 3.40. The third-order valence-electron chi connectivity index (χ3n) is 3.73. The van der Waals surface area contributed by atoms with E-state index in [1.807, 2.05) is 24.3 Å². The van der Waals surface area contributed by atoms with Crippen LogP contribution in [0.25, 0.3) is 5.69 Å². The largest absolute Gasteiger partial charge is 0.481 e. The number of carboxylic acid groups (broad SMARTS) is 1. The van der Waals surface area contributed by atoms with Crippen molar-refractivity contribution in [1.82, 2.24) is 14.7 Å². The molecule has 1 saturated heterocycles. The highest BCUT2D eigenvalue weighted by atomic mass is 79.9. The molecule has 6 nitrogen and oxygen atoms in total. The lowest BCUT2D eigenvalue weighted by atomic mass is 10.1. The Hall–Kier alpha value is -1.86. The van der Waals surface area contributed by atoms with Crippen LogP contribution in [0.5, 0.6) is 0 Å². The van der Waals surface area contributed by atoms with Crippen molar-refractivity contribution < 1.29 is 14.7 Å². The summed E-state index contributed by atoms with van der Waals surface area (Å²) in [4.78, 5) is 24.9. The third kappa shape index (κ3) is 3.73. The average Bonchev–Trinajstić information content (AvgIpc) is 3.16. The standard InChI is InChI=1S/C15H14BrN3O3.ClH/c16-12-2-1-3-13(6-12)19-9-11(7-17-19)14(20)18-5-4-10(8-18)15(21)22;/h1-3,6-7,9-10H,4-5,8H2,(H,21,22);1H. The van der Waals surface area contributed by atoms with Gasteiger partial charge in [-0.25, -0.2) is 4.68 Å². The van der Waals surface area contributed by atoms with Crippen LogP contribution in [0.1, 0.15) is 16.8 Å². The summed E-state index contributed by atoms with van der Waals surface area (Å²) in [5.41, 5.74) is 1.31. The molecule has 122 valence electrons. The zero-order valence-corrected chi connectivity index (χ0v) is 14.5. The van der Waals surface area contributed by atoms with Crippen molar-refractivity contribution in [3.8, 4) is 5.69 Å². The van der Waals surface area contributed by atoms with Gasteiger partial charge < -0.3 is 10.0 Å². The molecule has 0 aliphatic carbocycles. The normalized spacial score (nSPS) is 16.9. The second-order valence-corrected chi connectivity index (χ2v) is 6.14. The van der Waals surface area contributed by atoms with E-state index in [0.717, 1.165) is 10.2 Å². The van der Waals surface area contributed by atoms with Gasteiger partial charge in [0.2, 0.25) is 0 Å². The van der Waals surface area contributed by atoms with Crippen LogP contribution in [-0.2, 0) is 4.79 Å². The van der Waals surface area contributed by atoms with Crippen LogP contribution < -0.4 is 0 Å². The van der Waals surface area contributed by atoms with Gasteiger partial charge in [-0.15, -0.1) is 12.4 Å². The Morgan fingerprint density at radius 3 is 2.78 bits per heavy atom. The molecule has 3 rings (SSSR count). The highest BCUT2D eigenvalue weighted by Gasteiger charge is 2.31. The summed E-state index contributed by atoms with van der Waals surface area (Å²) in [6.07, 6.45) is 3.68. The van der Waals surface area contributed by atoms with Crippen LogP contribution in [0.4, 0.5) is 0 Å². The summed E-state index contributed by atoms with van der Waals surface area (Å²) in [5, 5.41) is 13.2. The molecule has 1 atom stereocenters. The minimum atomic E-state index is -0.847. The van der Waals surface area contributed by atoms with Crippen molar-refractivity contribution in [2.45, 2.75) is 6.42 Å². The molecule has 0 spiro atoms. The van der Waals surface area contributed by atoms with Gasteiger partial charge in [0.15, 0.2) is 0 Å². The van der Waals surface area contributed by atoms with Crippen LogP contribution in [-0.4, -0.2) is 44.8 Å². The Bertz CT molecular complexity index is 734. The first-order valence-electron chi connectivity index (χ1n) is 6.87. The van der Waals surface area contributed by atoms with Gasteiger partial charge >= 0.3 is 5.97 Å². The number of carboxylic acids is 1. The van der Waals surface area contributed by atoms with Gasteiger partial charge in [0.1, 0.15) is 0 Å². The first kappa shape index (κ1) is 17.5. The Labute approximate surface area is 147 Å². The highest BCUT2D eigenvalue weighted by molar-refractivity contribution is 9.10. The number of halogens is 2. The molecule has 1 N–H and O–H groups in total. The van der Waals surface area contributed by atoms with Crippen molar-refractivity contribution in [3.63, 3.8) is 0 Å². The molecule has 0 bridgehead atoms. The molecule has 0 radical (unpaired) electrons. The van der Waals surface area contributed by atoms with Crippen molar-refractivity contribution in [2.24, 2.45) is 5.92 Å². The molecule has 1 amide bonds. The molecular weight excluding hydrogens is 386 g/mol. The number of likely N-dealkylation sites (tertiary alicyclic amines) is 1. The van der Waals surface area contributed by atoms with Crippen LogP contribution >= 0.6 is 28.3 Å². The van der Waals surface area contributed by atoms with Gasteiger partial charge in [-0.3, -0.25) is 9.59 Å². The maximum Gasteiger partial charge on any atom is 0.308 e. The fraction of sp³-hybridized carbons (Fsp3) is 0.267. The van der Waals surface area contributed by atoms with Gasteiger partial charge in [0, 0.05) is 23.8 Å². The molecule has 1 aliphatic rings. The van der Waals surface area contributed by atoms with Gasteiger partial charge in [0.25, 0.3) is 5.91 Å². The molecule has 0 saturated carbocycles. The Kier molecular flexibility index (Phi) is 5.43. The van der Waals surface area contributed by atoms with Crippen LogP contribution in [0, 0.1) is 5.92 Å². The SMILES string of the molecule is Cl.O=C(O)C1CCN(C(=O)c2cnn(-c3cccc(Br)c3)c2)C1. The number of aromatic nitrogens is 2. The number of amides is 1. The average molecular weight is 401 g/mol. The quantitative estimate of drug-likeness (QED) is 0.859. The van der Waals surface area contributed by atoms with Crippen LogP contribution in [0.2, 0.25) is 0 Å². The lowest BCUT2D eigenvalue weighted by Crippen LogP contribution is -2.29. The smallest absolute Gasteiger partial charge is 0.308 e. The molecule has 1 aromatic carbocycles. The number of hydrogen-bond donors (Lipinski definition) is 1. The molecule has 8 heteroatoms. The van der Waals surface area contributed by atoms with E-state index in [4.69, 9.17) is 5.11 Å². The monoisotopic (exact) mass is 399 g/mol. The van der Waals surface area contributed by atoms with E-state index in [0.29, 0.717) is 18.5 Å². The summed E-state index contributed by atoms with van der Waals surface area (Å²) in [6.45, 7) is 0.730. The Balaban J connectivity index is 0.00000192. The summed E-state index contributed by atoms with van der Waals surface area (Å²) in [6, 6.07) is 7.59. The van der Waals surface area contributed by atoms with Crippen molar-refractivity contribution in [3.05, 3.63) is 46.7 Å². The number of benzene rings is 1. The Morgan fingerprint density at radius 2 is 2.13 bits per heavy atom. The van der Waals surface area contributed by atoms with E-state index in [1.165, 1.54) is 6.20 Å². The van der Waals surface area contributed by atoms with Crippen molar-refractivity contribution in [2.75, 3.05) is 13.1 Å². The number of carbonyl (C=O) groups excluding carboxylic acids is 1. The molecule has 1 fully saturated rings. The maximum atomic E-state index is 12.4. The molecule has 2 heterocycles. The summed E-state index contributed by atoms with van der Waals surface area (Å²) in [7, 11) is 0. The Morgan fingerprint density at radius 1 is 1.35 bits per heavy atom. The molecule has 1 aliphatic heterocycles. The van der Waals surface area contributed by atoms with E-state index >= 15 is 0 Å². The topological polar surface area (TPSA) is 75.4 Å². The van der Waals surface area contributed by atoms with E-state index in [9.17, 15) is 9.59 Å². The third-order valence-corrected chi connectivity index (χ3v) is 4.22. The van der Waals surface area contributed by atoms with Gasteiger partial charge in [-0.1, -0.05) is 22.0 Å². The fourth-order valence-corrected chi connectivity index (χ4v) is 2.91. The minimum Gasteiger partial charge on any atom is -0.481 e. The lowest BCUT2D eigenvalue weighted by Gasteiger charge is -2.14. The van der Waals surface area contributed by atoms with Crippen LogP contribution in [0.3, 0.4) is 0 Å². The van der Waals surface area contributed by atoms with Gasteiger partial charge in [-0.05, 0) is 24.6 Å². The first-order valence-corrected chi connectivity index (χ1v) is 7.66. The number of carbonyl (C=O) groups is 2. The van der Waals surface area contributed by atoms with E-state index < -0.39 is 11.9 Å². The van der Waals surface area contributed by atoms with Gasteiger partial charge in [-0.2, -0.15) is 5.10 Å². The molecule has 23 heavy (non-hydrogen) atoms. The summed E-state index contributed by atoms with van der Waals surface area (Å²) < 4.78 is 2.56. The number of hydrogen-bond acceptors (Lipinski definition) is 3. The maximum absolute atomic E-state index is 12.4. The lowest BCUT2D eigenvalue weighted by molar-refractivity contribution is -0.141. The highest BCUT2D eigenvalue weighted by Crippen LogP contribution is 2.20. The number of rotatable bonds is 3.